The van der Waals surface area contributed by atoms with Crippen molar-refractivity contribution in [1.29, 1.82) is 0 Å². The van der Waals surface area contributed by atoms with Crippen molar-refractivity contribution in [1.82, 2.24) is 10.2 Å². The molecule has 0 bridgehead atoms. The maximum Gasteiger partial charge on any atom is 0.121 e. The zero-order valence-electron chi connectivity index (χ0n) is 11.2. The second kappa shape index (κ2) is 4.52. The third kappa shape index (κ3) is 2.51. The van der Waals surface area contributed by atoms with Gasteiger partial charge in [-0.2, -0.15) is 0 Å². The number of piperidine rings is 1. The molecule has 2 saturated heterocycles. The molecular formula is C14H26N2O. The van der Waals surface area contributed by atoms with E-state index in [1.807, 2.05) is 0 Å². The lowest BCUT2D eigenvalue weighted by Gasteiger charge is -2.47. The monoisotopic (exact) mass is 238 g/mol. The standard InChI is InChI=1S/C14H26N2O/c1-11(2)12-9-15-14(17-10-12)5-7-16(8-6-14)13-3-4-13/h11-13,15H,3-10H2,1-2H3. The van der Waals surface area contributed by atoms with Crippen LogP contribution < -0.4 is 5.32 Å². The van der Waals surface area contributed by atoms with Crippen LogP contribution in [0.25, 0.3) is 0 Å². The first kappa shape index (κ1) is 11.9. The van der Waals surface area contributed by atoms with Gasteiger partial charge in [-0.15, -0.1) is 0 Å². The molecular weight excluding hydrogens is 212 g/mol. The number of hydrogen-bond donors (Lipinski definition) is 1. The summed E-state index contributed by atoms with van der Waals surface area (Å²) in [5, 5.41) is 3.70. The molecule has 3 rings (SSSR count). The lowest BCUT2D eigenvalue weighted by atomic mass is 9.91. The van der Waals surface area contributed by atoms with Gasteiger partial charge in [0, 0.05) is 38.5 Å². The van der Waals surface area contributed by atoms with Crippen molar-refractivity contribution in [2.75, 3.05) is 26.2 Å². The van der Waals surface area contributed by atoms with E-state index in [0.29, 0.717) is 5.92 Å². The quantitative estimate of drug-likeness (QED) is 0.794. The predicted molar refractivity (Wildman–Crippen MR) is 68.8 cm³/mol. The van der Waals surface area contributed by atoms with Gasteiger partial charge in [-0.3, -0.25) is 5.32 Å². The number of nitrogens with one attached hydrogen (secondary N) is 1. The number of likely N-dealkylation sites (tertiary alicyclic amines) is 1. The van der Waals surface area contributed by atoms with Crippen molar-refractivity contribution >= 4 is 0 Å². The van der Waals surface area contributed by atoms with Gasteiger partial charge in [-0.05, 0) is 24.7 Å². The summed E-state index contributed by atoms with van der Waals surface area (Å²) >= 11 is 0. The normalized spacial score (nSPS) is 34.4. The Morgan fingerprint density at radius 2 is 1.94 bits per heavy atom. The van der Waals surface area contributed by atoms with Crippen LogP contribution >= 0.6 is 0 Å². The van der Waals surface area contributed by atoms with E-state index in [-0.39, 0.29) is 5.72 Å². The van der Waals surface area contributed by atoms with Crippen LogP contribution in [0.3, 0.4) is 0 Å². The molecule has 1 N–H and O–H groups in total. The molecule has 0 aromatic heterocycles. The van der Waals surface area contributed by atoms with Crippen molar-refractivity contribution in [3.05, 3.63) is 0 Å². The maximum absolute atomic E-state index is 6.19. The Bertz CT molecular complexity index is 236. The average molecular weight is 238 g/mol. The second-order valence-corrected chi connectivity index (χ2v) is 6.46. The third-order valence-corrected chi connectivity index (χ3v) is 4.87. The van der Waals surface area contributed by atoms with Crippen LogP contribution in [0.1, 0.15) is 39.5 Å². The predicted octanol–water partition coefficient (Wildman–Crippen LogP) is 1.83. The van der Waals surface area contributed by atoms with Crippen molar-refractivity contribution in [3.63, 3.8) is 0 Å². The minimum Gasteiger partial charge on any atom is -0.360 e. The Balaban J connectivity index is 1.51. The van der Waals surface area contributed by atoms with Crippen LogP contribution in [0, 0.1) is 11.8 Å². The fourth-order valence-electron chi connectivity index (χ4n) is 3.13. The molecule has 1 atom stereocenters. The topological polar surface area (TPSA) is 24.5 Å². The molecule has 1 saturated carbocycles. The minimum atomic E-state index is 0.0246. The Morgan fingerprint density at radius 3 is 2.41 bits per heavy atom. The van der Waals surface area contributed by atoms with E-state index in [9.17, 15) is 0 Å². The SMILES string of the molecule is CC(C)C1CNC2(CCN(C3CC3)CC2)OC1. The van der Waals surface area contributed by atoms with Crippen LogP contribution in [0.15, 0.2) is 0 Å². The lowest BCUT2D eigenvalue weighted by molar-refractivity contribution is -0.149. The van der Waals surface area contributed by atoms with Gasteiger partial charge in [0.1, 0.15) is 5.72 Å². The first-order chi connectivity index (χ1) is 8.19. The average Bonchev–Trinajstić information content (AvgIpc) is 3.15. The maximum atomic E-state index is 6.19. The molecule has 3 nitrogen and oxygen atoms in total. The van der Waals surface area contributed by atoms with Crippen LogP contribution in [-0.4, -0.2) is 42.9 Å². The van der Waals surface area contributed by atoms with Crippen molar-refractivity contribution in [2.24, 2.45) is 11.8 Å². The van der Waals surface area contributed by atoms with Gasteiger partial charge in [0.25, 0.3) is 0 Å². The molecule has 3 aliphatic rings. The Morgan fingerprint density at radius 1 is 1.24 bits per heavy atom. The van der Waals surface area contributed by atoms with Gasteiger partial charge in [-0.25, -0.2) is 0 Å². The molecule has 0 amide bonds. The van der Waals surface area contributed by atoms with Crippen LogP contribution in [0.5, 0.6) is 0 Å². The molecule has 17 heavy (non-hydrogen) atoms. The summed E-state index contributed by atoms with van der Waals surface area (Å²) < 4.78 is 6.19. The van der Waals surface area contributed by atoms with Gasteiger partial charge < -0.3 is 9.64 Å². The van der Waals surface area contributed by atoms with Gasteiger partial charge in [0.15, 0.2) is 0 Å². The van der Waals surface area contributed by atoms with E-state index < -0.39 is 0 Å². The zero-order valence-corrected chi connectivity index (χ0v) is 11.2. The molecule has 1 unspecified atom stereocenters. The molecule has 1 spiro atoms. The van der Waals surface area contributed by atoms with E-state index >= 15 is 0 Å². The van der Waals surface area contributed by atoms with Gasteiger partial charge in [0.05, 0.1) is 6.61 Å². The molecule has 0 aromatic rings. The molecule has 2 heterocycles. The Kier molecular flexibility index (Phi) is 3.18. The van der Waals surface area contributed by atoms with Crippen LogP contribution in [0.4, 0.5) is 0 Å². The first-order valence-electron chi connectivity index (χ1n) is 7.32. The van der Waals surface area contributed by atoms with E-state index in [4.69, 9.17) is 4.74 Å². The highest BCUT2D eigenvalue weighted by atomic mass is 16.5. The van der Waals surface area contributed by atoms with Gasteiger partial charge >= 0.3 is 0 Å². The summed E-state index contributed by atoms with van der Waals surface area (Å²) in [6.07, 6.45) is 5.20. The Hall–Kier alpha value is -0.120. The molecule has 1 aliphatic carbocycles. The highest BCUT2D eigenvalue weighted by Crippen LogP contribution is 2.34. The van der Waals surface area contributed by atoms with E-state index in [1.165, 1.54) is 38.8 Å². The zero-order chi connectivity index (χ0) is 11.9. The van der Waals surface area contributed by atoms with Crippen molar-refractivity contribution < 1.29 is 4.74 Å². The van der Waals surface area contributed by atoms with Gasteiger partial charge in [-0.1, -0.05) is 13.8 Å². The summed E-state index contributed by atoms with van der Waals surface area (Å²) in [5.74, 6) is 1.42. The number of rotatable bonds is 2. The second-order valence-electron chi connectivity index (χ2n) is 6.46. The molecule has 3 fully saturated rings. The molecule has 3 heteroatoms. The number of nitrogens with zero attached hydrogens (tertiary/aromatic N) is 1. The summed E-state index contributed by atoms with van der Waals surface area (Å²) in [5.41, 5.74) is 0.0246. The van der Waals surface area contributed by atoms with E-state index in [0.717, 1.165) is 25.1 Å². The van der Waals surface area contributed by atoms with Gasteiger partial charge in [0.2, 0.25) is 0 Å². The summed E-state index contributed by atoms with van der Waals surface area (Å²) in [4.78, 5) is 2.66. The lowest BCUT2D eigenvalue weighted by Crippen LogP contribution is -2.60. The number of ether oxygens (including phenoxy) is 1. The summed E-state index contributed by atoms with van der Waals surface area (Å²) in [6, 6.07) is 0.916. The van der Waals surface area contributed by atoms with E-state index in [1.54, 1.807) is 0 Å². The summed E-state index contributed by atoms with van der Waals surface area (Å²) in [7, 11) is 0. The van der Waals surface area contributed by atoms with Crippen LogP contribution in [0.2, 0.25) is 0 Å². The molecule has 0 aromatic carbocycles. The first-order valence-corrected chi connectivity index (χ1v) is 7.32. The molecule has 0 radical (unpaired) electrons. The highest BCUT2D eigenvalue weighted by Gasteiger charge is 2.42. The molecule has 2 aliphatic heterocycles. The fourth-order valence-corrected chi connectivity index (χ4v) is 3.13. The fraction of sp³-hybridized carbons (Fsp3) is 1.00. The van der Waals surface area contributed by atoms with E-state index in [2.05, 4.69) is 24.1 Å². The minimum absolute atomic E-state index is 0.0246. The largest absolute Gasteiger partial charge is 0.360 e. The smallest absolute Gasteiger partial charge is 0.121 e. The molecule has 98 valence electrons. The van der Waals surface area contributed by atoms with Crippen molar-refractivity contribution in [3.8, 4) is 0 Å². The van der Waals surface area contributed by atoms with Crippen LogP contribution in [-0.2, 0) is 4.74 Å². The highest BCUT2D eigenvalue weighted by molar-refractivity contribution is 4.94. The number of hydrogen-bond acceptors (Lipinski definition) is 3. The van der Waals surface area contributed by atoms with Crippen molar-refractivity contribution in [2.45, 2.75) is 51.3 Å². The third-order valence-electron chi connectivity index (χ3n) is 4.87. The summed E-state index contributed by atoms with van der Waals surface area (Å²) in [6.45, 7) is 9.13. The Labute approximate surface area is 105 Å².